The van der Waals surface area contributed by atoms with Gasteiger partial charge in [0.25, 0.3) is 0 Å². The number of carbonyl (C=O) groups excluding carboxylic acids is 1. The van der Waals surface area contributed by atoms with Gasteiger partial charge in [-0.2, -0.15) is 4.31 Å². The number of nitrogens with one attached hydrogen (secondary N) is 1. The van der Waals surface area contributed by atoms with Crippen LogP contribution < -0.4 is 5.32 Å². The van der Waals surface area contributed by atoms with E-state index in [4.69, 9.17) is 0 Å². The number of aryl methyl sites for hydroxylation is 2. The zero-order valence-corrected chi connectivity index (χ0v) is 20.9. The van der Waals surface area contributed by atoms with Gasteiger partial charge in [-0.15, -0.1) is 0 Å². The van der Waals surface area contributed by atoms with Gasteiger partial charge in [-0.25, -0.2) is 13.4 Å². The highest BCUT2D eigenvalue weighted by atomic mass is 32.2. The molecule has 1 aromatic heterocycles. The molecule has 3 rings (SSSR count). The minimum absolute atomic E-state index is 0.0316. The average Bonchev–Trinajstić information content (AvgIpc) is 3.12. The Labute approximate surface area is 196 Å². The van der Waals surface area contributed by atoms with E-state index in [0.717, 1.165) is 11.3 Å². The Morgan fingerprint density at radius 2 is 1.76 bits per heavy atom. The third kappa shape index (κ3) is 5.45. The average molecular weight is 471 g/mol. The minimum atomic E-state index is -3.55. The summed E-state index contributed by atoms with van der Waals surface area (Å²) >= 11 is 0. The largest absolute Gasteiger partial charge is 0.355 e. The first-order chi connectivity index (χ1) is 15.6. The molecule has 2 aromatic carbocycles. The molecule has 0 spiro atoms. The molecule has 0 unspecified atom stereocenters. The Kier molecular flexibility index (Phi) is 7.59. The summed E-state index contributed by atoms with van der Waals surface area (Å²) in [5, 5.41) is 3.04. The fourth-order valence-electron chi connectivity index (χ4n) is 3.95. The third-order valence-corrected chi connectivity index (χ3v) is 8.19. The van der Waals surface area contributed by atoms with E-state index in [-0.39, 0.29) is 16.2 Å². The quantitative estimate of drug-likeness (QED) is 0.490. The van der Waals surface area contributed by atoms with Crippen LogP contribution in [-0.4, -0.2) is 47.8 Å². The molecule has 178 valence electrons. The molecule has 3 aromatic rings. The molecule has 8 heteroatoms. The lowest BCUT2D eigenvalue weighted by Crippen LogP contribution is -2.36. The molecule has 1 heterocycles. The zero-order valence-electron chi connectivity index (χ0n) is 20.1. The third-order valence-electron chi connectivity index (χ3n) is 6.15. The number of rotatable bonds is 10. The smallest absolute Gasteiger partial charge is 0.243 e. The summed E-state index contributed by atoms with van der Waals surface area (Å²) in [5.41, 5.74) is 2.47. The van der Waals surface area contributed by atoms with Gasteiger partial charge in [-0.3, -0.25) is 4.79 Å². The fraction of sp³-hybridized carbons (Fsp3) is 0.440. The van der Waals surface area contributed by atoms with Crippen molar-refractivity contribution >= 4 is 27.0 Å². The van der Waals surface area contributed by atoms with Gasteiger partial charge < -0.3 is 9.88 Å². The van der Waals surface area contributed by atoms with E-state index in [9.17, 15) is 13.2 Å². The first kappa shape index (κ1) is 24.9. The van der Waals surface area contributed by atoms with Crippen molar-refractivity contribution < 1.29 is 13.2 Å². The lowest BCUT2D eigenvalue weighted by Gasteiger charge is -2.25. The van der Waals surface area contributed by atoms with Gasteiger partial charge in [-0.1, -0.05) is 58.0 Å². The van der Waals surface area contributed by atoms with Crippen LogP contribution in [0.4, 0.5) is 0 Å². The maximum atomic E-state index is 12.8. The van der Waals surface area contributed by atoms with Crippen molar-refractivity contribution in [3.8, 4) is 0 Å². The molecule has 0 bridgehead atoms. The number of aromatic nitrogens is 2. The van der Waals surface area contributed by atoms with Gasteiger partial charge in [0.05, 0.1) is 15.9 Å². The summed E-state index contributed by atoms with van der Waals surface area (Å²) in [6, 6.07) is 15.2. The molecular formula is C25H34N4O3S. The molecule has 0 saturated heterocycles. The van der Waals surface area contributed by atoms with E-state index < -0.39 is 10.0 Å². The van der Waals surface area contributed by atoms with Gasteiger partial charge in [0.1, 0.15) is 5.82 Å². The van der Waals surface area contributed by atoms with Crippen molar-refractivity contribution in [2.45, 2.75) is 50.8 Å². The van der Waals surface area contributed by atoms with Crippen LogP contribution in [0.15, 0.2) is 53.4 Å². The van der Waals surface area contributed by atoms with Gasteiger partial charge in [0.15, 0.2) is 0 Å². The monoisotopic (exact) mass is 470 g/mol. The van der Waals surface area contributed by atoms with Crippen LogP contribution in [0.5, 0.6) is 0 Å². The van der Waals surface area contributed by atoms with Crippen LogP contribution >= 0.6 is 0 Å². The van der Waals surface area contributed by atoms with Gasteiger partial charge in [0, 0.05) is 44.9 Å². The molecule has 1 amide bonds. The van der Waals surface area contributed by atoms with Crippen molar-refractivity contribution in [1.82, 2.24) is 19.2 Å². The van der Waals surface area contributed by atoms with Crippen LogP contribution in [0.1, 0.15) is 45.5 Å². The van der Waals surface area contributed by atoms with Crippen LogP contribution in [0.2, 0.25) is 0 Å². The van der Waals surface area contributed by atoms with E-state index >= 15 is 0 Å². The number of sulfonamides is 1. The Bertz CT molecular complexity index is 1210. The van der Waals surface area contributed by atoms with E-state index in [2.05, 4.69) is 36.3 Å². The number of amides is 1. The van der Waals surface area contributed by atoms with Crippen molar-refractivity contribution in [2.75, 3.05) is 19.6 Å². The Balaban J connectivity index is 1.68. The highest BCUT2D eigenvalue weighted by Crippen LogP contribution is 2.23. The normalized spacial score (nSPS) is 12.4. The number of nitrogens with zero attached hydrogens (tertiary/aromatic N) is 3. The molecule has 33 heavy (non-hydrogen) atoms. The van der Waals surface area contributed by atoms with Crippen LogP contribution in [0.25, 0.3) is 11.0 Å². The molecule has 7 nitrogen and oxygen atoms in total. The van der Waals surface area contributed by atoms with E-state index in [0.29, 0.717) is 38.0 Å². The molecule has 0 saturated carbocycles. The Morgan fingerprint density at radius 3 is 2.39 bits per heavy atom. The standard InChI is InChI=1S/C25H34N4O3S/c1-6-29(7-2)33(31,32)20-13-14-22-21(17-20)27-23(28(22)5)15-16-24(30)26-18-25(3,4)19-11-9-8-10-12-19/h8-14,17H,6-7,15-16,18H2,1-5H3,(H,26,30). The van der Waals surface area contributed by atoms with Crippen molar-refractivity contribution in [3.63, 3.8) is 0 Å². The van der Waals surface area contributed by atoms with Gasteiger partial charge in [0.2, 0.25) is 15.9 Å². The van der Waals surface area contributed by atoms with Crippen LogP contribution in [0.3, 0.4) is 0 Å². The number of fused-ring (bicyclic) bond motifs is 1. The predicted molar refractivity (Wildman–Crippen MR) is 132 cm³/mol. The van der Waals surface area contributed by atoms with Crippen molar-refractivity contribution in [2.24, 2.45) is 7.05 Å². The summed E-state index contributed by atoms with van der Waals surface area (Å²) in [4.78, 5) is 17.4. The highest BCUT2D eigenvalue weighted by molar-refractivity contribution is 7.89. The second-order valence-corrected chi connectivity index (χ2v) is 10.8. The molecular weight excluding hydrogens is 436 g/mol. The van der Waals surface area contributed by atoms with E-state index in [1.807, 2.05) is 43.7 Å². The van der Waals surface area contributed by atoms with E-state index in [1.165, 1.54) is 9.87 Å². The predicted octanol–water partition coefficient (Wildman–Crippen LogP) is 3.63. The maximum absolute atomic E-state index is 12.8. The summed E-state index contributed by atoms with van der Waals surface area (Å²) in [6.45, 7) is 9.25. The second-order valence-electron chi connectivity index (χ2n) is 8.85. The molecule has 0 atom stereocenters. The first-order valence-electron chi connectivity index (χ1n) is 11.4. The SMILES string of the molecule is CCN(CC)S(=O)(=O)c1ccc2c(c1)nc(CCC(=O)NCC(C)(C)c1ccccc1)n2C. The Hall–Kier alpha value is -2.71. The number of hydrogen-bond acceptors (Lipinski definition) is 4. The van der Waals surface area contributed by atoms with Crippen LogP contribution in [0, 0.1) is 0 Å². The highest BCUT2D eigenvalue weighted by Gasteiger charge is 2.23. The fourth-order valence-corrected chi connectivity index (χ4v) is 5.43. The topological polar surface area (TPSA) is 84.3 Å². The van der Waals surface area contributed by atoms with Crippen molar-refractivity contribution in [1.29, 1.82) is 0 Å². The summed E-state index contributed by atoms with van der Waals surface area (Å²) in [5.74, 6) is 0.718. The number of carbonyl (C=O) groups is 1. The molecule has 0 fully saturated rings. The Morgan fingerprint density at radius 1 is 1.09 bits per heavy atom. The first-order valence-corrected chi connectivity index (χ1v) is 12.8. The summed E-state index contributed by atoms with van der Waals surface area (Å²) in [6.07, 6.45) is 0.785. The lowest BCUT2D eigenvalue weighted by molar-refractivity contribution is -0.121. The zero-order chi connectivity index (χ0) is 24.2. The molecule has 0 radical (unpaired) electrons. The second kappa shape index (κ2) is 10.1. The lowest BCUT2D eigenvalue weighted by atomic mass is 9.84. The van der Waals surface area contributed by atoms with Crippen LogP contribution in [-0.2, 0) is 33.7 Å². The maximum Gasteiger partial charge on any atom is 0.243 e. The minimum Gasteiger partial charge on any atom is -0.355 e. The number of imidazole rings is 1. The molecule has 0 aliphatic heterocycles. The molecule has 0 aliphatic rings. The molecule has 0 aliphatic carbocycles. The van der Waals surface area contributed by atoms with E-state index in [1.54, 1.807) is 18.2 Å². The number of benzene rings is 2. The number of hydrogen-bond donors (Lipinski definition) is 1. The van der Waals surface area contributed by atoms with Gasteiger partial charge >= 0.3 is 0 Å². The molecule has 1 N–H and O–H groups in total. The summed E-state index contributed by atoms with van der Waals surface area (Å²) in [7, 11) is -1.66. The van der Waals surface area contributed by atoms with Gasteiger partial charge in [-0.05, 0) is 23.8 Å². The summed E-state index contributed by atoms with van der Waals surface area (Å²) < 4.78 is 29.0. The van der Waals surface area contributed by atoms with Crippen molar-refractivity contribution in [3.05, 3.63) is 59.9 Å².